The molecule has 106 valence electrons. The second-order valence-corrected chi connectivity index (χ2v) is 6.54. The van der Waals surface area contributed by atoms with E-state index in [-0.39, 0.29) is 12.1 Å². The Bertz CT molecular complexity index is 390. The molecule has 0 bridgehead atoms. The molecule has 2 N–H and O–H groups in total. The van der Waals surface area contributed by atoms with Gasteiger partial charge in [0, 0.05) is 5.69 Å². The SMILES string of the molecule is CC1CCC(C(C)C)C(CO)(Nc2ccccc2)C1. The molecule has 1 aliphatic rings. The summed E-state index contributed by atoms with van der Waals surface area (Å²) in [6, 6.07) is 10.3. The Labute approximate surface area is 117 Å². The van der Waals surface area contributed by atoms with Crippen LogP contribution in [0.15, 0.2) is 30.3 Å². The molecular formula is C17H27NO. The molecule has 2 heteroatoms. The highest BCUT2D eigenvalue weighted by atomic mass is 16.3. The third-order valence-electron chi connectivity index (χ3n) is 4.65. The second kappa shape index (κ2) is 5.96. The maximum absolute atomic E-state index is 10.1. The van der Waals surface area contributed by atoms with Gasteiger partial charge < -0.3 is 10.4 Å². The molecule has 0 aliphatic heterocycles. The van der Waals surface area contributed by atoms with Crippen LogP contribution in [-0.2, 0) is 0 Å². The minimum Gasteiger partial charge on any atom is -0.394 e. The number of benzene rings is 1. The molecule has 2 rings (SSSR count). The summed E-state index contributed by atoms with van der Waals surface area (Å²) in [5, 5.41) is 13.7. The van der Waals surface area contributed by atoms with Gasteiger partial charge in [0.25, 0.3) is 0 Å². The van der Waals surface area contributed by atoms with Gasteiger partial charge in [-0.25, -0.2) is 0 Å². The highest BCUT2D eigenvalue weighted by Gasteiger charge is 2.43. The Hall–Kier alpha value is -1.02. The quantitative estimate of drug-likeness (QED) is 0.861. The van der Waals surface area contributed by atoms with Crippen LogP contribution >= 0.6 is 0 Å². The molecule has 0 spiro atoms. The summed E-state index contributed by atoms with van der Waals surface area (Å²) in [6.07, 6.45) is 3.54. The highest BCUT2D eigenvalue weighted by molar-refractivity contribution is 5.46. The van der Waals surface area contributed by atoms with E-state index in [1.54, 1.807) is 0 Å². The lowest BCUT2D eigenvalue weighted by Gasteiger charge is -2.48. The Morgan fingerprint density at radius 2 is 1.95 bits per heavy atom. The Kier molecular flexibility index (Phi) is 4.51. The number of anilines is 1. The van der Waals surface area contributed by atoms with Gasteiger partial charge in [-0.05, 0) is 42.7 Å². The molecule has 0 radical (unpaired) electrons. The first-order valence-electron chi connectivity index (χ1n) is 7.51. The van der Waals surface area contributed by atoms with Crippen molar-refractivity contribution in [3.8, 4) is 0 Å². The third-order valence-corrected chi connectivity index (χ3v) is 4.65. The zero-order chi connectivity index (χ0) is 13.9. The van der Waals surface area contributed by atoms with Crippen LogP contribution in [0.25, 0.3) is 0 Å². The predicted molar refractivity (Wildman–Crippen MR) is 81.2 cm³/mol. The van der Waals surface area contributed by atoms with Gasteiger partial charge in [0.1, 0.15) is 0 Å². The summed E-state index contributed by atoms with van der Waals surface area (Å²) in [7, 11) is 0. The van der Waals surface area contributed by atoms with E-state index in [0.717, 1.165) is 12.1 Å². The second-order valence-electron chi connectivity index (χ2n) is 6.54. The van der Waals surface area contributed by atoms with E-state index >= 15 is 0 Å². The van der Waals surface area contributed by atoms with Gasteiger partial charge in [-0.15, -0.1) is 0 Å². The van der Waals surface area contributed by atoms with Gasteiger partial charge in [-0.2, -0.15) is 0 Å². The van der Waals surface area contributed by atoms with Crippen molar-refractivity contribution >= 4 is 5.69 Å². The van der Waals surface area contributed by atoms with Crippen LogP contribution < -0.4 is 5.32 Å². The lowest BCUT2D eigenvalue weighted by Crippen LogP contribution is -2.54. The molecule has 1 aromatic carbocycles. The van der Waals surface area contributed by atoms with E-state index in [2.05, 4.69) is 38.2 Å². The molecule has 0 amide bonds. The summed E-state index contributed by atoms with van der Waals surface area (Å²) < 4.78 is 0. The fraction of sp³-hybridized carbons (Fsp3) is 0.647. The molecule has 2 nitrogen and oxygen atoms in total. The van der Waals surface area contributed by atoms with Gasteiger partial charge >= 0.3 is 0 Å². The van der Waals surface area contributed by atoms with Gasteiger partial charge in [0.2, 0.25) is 0 Å². The van der Waals surface area contributed by atoms with Crippen LogP contribution in [0.4, 0.5) is 5.69 Å². The average molecular weight is 261 g/mol. The molecular weight excluding hydrogens is 234 g/mol. The standard InChI is InChI=1S/C17H27NO/c1-13(2)16-10-9-14(3)11-17(16,12-19)18-15-7-5-4-6-8-15/h4-8,13-14,16,18-19H,9-12H2,1-3H3. The lowest BCUT2D eigenvalue weighted by atomic mass is 9.65. The van der Waals surface area contributed by atoms with E-state index in [9.17, 15) is 5.11 Å². The maximum Gasteiger partial charge on any atom is 0.0664 e. The van der Waals surface area contributed by atoms with Gasteiger partial charge in [-0.1, -0.05) is 45.4 Å². The number of nitrogens with one attached hydrogen (secondary N) is 1. The topological polar surface area (TPSA) is 32.3 Å². The molecule has 1 saturated carbocycles. The first-order chi connectivity index (χ1) is 9.07. The van der Waals surface area contributed by atoms with Crippen LogP contribution in [0, 0.1) is 17.8 Å². The Morgan fingerprint density at radius 1 is 1.26 bits per heavy atom. The van der Waals surface area contributed by atoms with Gasteiger partial charge in [0.05, 0.1) is 12.1 Å². The van der Waals surface area contributed by atoms with Crippen LogP contribution in [-0.4, -0.2) is 17.3 Å². The van der Waals surface area contributed by atoms with Crippen molar-refractivity contribution in [2.24, 2.45) is 17.8 Å². The zero-order valence-electron chi connectivity index (χ0n) is 12.4. The first-order valence-corrected chi connectivity index (χ1v) is 7.51. The smallest absolute Gasteiger partial charge is 0.0664 e. The van der Waals surface area contributed by atoms with Gasteiger partial charge in [-0.3, -0.25) is 0 Å². The zero-order valence-corrected chi connectivity index (χ0v) is 12.4. The molecule has 1 aromatic rings. The molecule has 1 fully saturated rings. The fourth-order valence-electron chi connectivity index (χ4n) is 3.76. The number of rotatable bonds is 4. The van der Waals surface area contributed by atoms with Crippen molar-refractivity contribution in [3.05, 3.63) is 30.3 Å². The van der Waals surface area contributed by atoms with Crippen molar-refractivity contribution in [1.82, 2.24) is 0 Å². The predicted octanol–water partition coefficient (Wildman–Crippen LogP) is 3.92. The molecule has 3 atom stereocenters. The van der Waals surface area contributed by atoms with E-state index in [4.69, 9.17) is 0 Å². The summed E-state index contributed by atoms with van der Waals surface area (Å²) in [4.78, 5) is 0. The molecule has 3 unspecified atom stereocenters. The minimum absolute atomic E-state index is 0.160. The van der Waals surface area contributed by atoms with Crippen LogP contribution in [0.2, 0.25) is 0 Å². The lowest BCUT2D eigenvalue weighted by molar-refractivity contribution is 0.0685. The normalized spacial score (nSPS) is 31.4. The molecule has 0 heterocycles. The number of aliphatic hydroxyl groups is 1. The van der Waals surface area contributed by atoms with Crippen LogP contribution in [0.3, 0.4) is 0 Å². The number of aliphatic hydroxyl groups excluding tert-OH is 1. The van der Waals surface area contributed by atoms with Gasteiger partial charge in [0.15, 0.2) is 0 Å². The van der Waals surface area contributed by atoms with E-state index in [1.165, 1.54) is 12.8 Å². The third kappa shape index (κ3) is 3.11. The fourth-order valence-corrected chi connectivity index (χ4v) is 3.76. The largest absolute Gasteiger partial charge is 0.394 e. The van der Waals surface area contributed by atoms with Crippen LogP contribution in [0.1, 0.15) is 40.0 Å². The highest BCUT2D eigenvalue weighted by Crippen LogP contribution is 2.42. The van der Waals surface area contributed by atoms with Crippen molar-refractivity contribution in [1.29, 1.82) is 0 Å². The summed E-state index contributed by atoms with van der Waals surface area (Å²) in [6.45, 7) is 7.07. The summed E-state index contributed by atoms with van der Waals surface area (Å²) >= 11 is 0. The Balaban J connectivity index is 2.26. The monoisotopic (exact) mass is 261 g/mol. The molecule has 0 aromatic heterocycles. The van der Waals surface area contributed by atoms with E-state index in [0.29, 0.717) is 17.8 Å². The van der Waals surface area contributed by atoms with Crippen molar-refractivity contribution < 1.29 is 5.11 Å². The van der Waals surface area contributed by atoms with Crippen molar-refractivity contribution in [2.75, 3.05) is 11.9 Å². The summed E-state index contributed by atoms with van der Waals surface area (Å²) in [5.74, 6) is 1.81. The van der Waals surface area contributed by atoms with E-state index in [1.807, 2.05) is 18.2 Å². The average Bonchev–Trinajstić information content (AvgIpc) is 2.39. The van der Waals surface area contributed by atoms with Crippen LogP contribution in [0.5, 0.6) is 0 Å². The van der Waals surface area contributed by atoms with Crippen molar-refractivity contribution in [2.45, 2.75) is 45.6 Å². The number of hydrogen-bond donors (Lipinski definition) is 2. The first kappa shape index (κ1) is 14.4. The Morgan fingerprint density at radius 3 is 2.53 bits per heavy atom. The van der Waals surface area contributed by atoms with E-state index < -0.39 is 0 Å². The molecule has 1 aliphatic carbocycles. The van der Waals surface area contributed by atoms with Crippen molar-refractivity contribution in [3.63, 3.8) is 0 Å². The molecule has 19 heavy (non-hydrogen) atoms. The summed E-state index contributed by atoms with van der Waals surface area (Å²) in [5.41, 5.74) is 0.962. The number of hydrogen-bond acceptors (Lipinski definition) is 2. The maximum atomic E-state index is 10.1. The number of para-hydroxylation sites is 1. The minimum atomic E-state index is -0.160. The molecule has 0 saturated heterocycles.